The fourth-order valence-electron chi connectivity index (χ4n) is 1.87. The number of hydrogen-bond acceptors (Lipinski definition) is 4. The van der Waals surface area contributed by atoms with Crippen LogP contribution in [0.15, 0.2) is 23.1 Å². The average molecular weight is 328 g/mol. The van der Waals surface area contributed by atoms with Crippen LogP contribution < -0.4 is 14.8 Å². The third kappa shape index (κ3) is 4.99. The van der Waals surface area contributed by atoms with E-state index in [9.17, 15) is 13.2 Å². The summed E-state index contributed by atoms with van der Waals surface area (Å²) in [5, 5.41) is 2.67. The van der Waals surface area contributed by atoms with Crippen molar-refractivity contribution in [3.8, 4) is 5.75 Å². The minimum absolute atomic E-state index is 0.0489. The van der Waals surface area contributed by atoms with E-state index in [2.05, 4.69) is 10.0 Å². The maximum atomic E-state index is 12.3. The first-order valence-corrected chi connectivity index (χ1v) is 8.71. The smallest absolute Gasteiger partial charge is 0.241 e. The van der Waals surface area contributed by atoms with Gasteiger partial charge < -0.3 is 10.1 Å². The van der Waals surface area contributed by atoms with Gasteiger partial charge >= 0.3 is 0 Å². The van der Waals surface area contributed by atoms with Gasteiger partial charge in [-0.2, -0.15) is 4.72 Å². The fraction of sp³-hybridized carbons (Fsp3) is 0.533. The molecule has 0 unspecified atom stereocenters. The second kappa shape index (κ2) is 7.60. The number of benzene rings is 1. The molecule has 1 aromatic rings. The molecule has 0 heterocycles. The molecule has 0 aromatic heterocycles. The Bertz CT molecular complexity index is 626. The molecule has 0 bridgehead atoms. The maximum Gasteiger partial charge on any atom is 0.241 e. The summed E-state index contributed by atoms with van der Waals surface area (Å²) in [6, 6.07) is 3.71. The Kier molecular flexibility index (Phi) is 6.37. The molecule has 0 aliphatic carbocycles. The highest BCUT2D eigenvalue weighted by Crippen LogP contribution is 2.21. The summed E-state index contributed by atoms with van der Waals surface area (Å²) >= 11 is 0. The molecule has 1 rings (SSSR count). The molecule has 6 nitrogen and oxygen atoms in total. The number of nitrogens with one attached hydrogen (secondary N) is 2. The van der Waals surface area contributed by atoms with Gasteiger partial charge in [-0.25, -0.2) is 8.42 Å². The van der Waals surface area contributed by atoms with E-state index in [1.54, 1.807) is 13.0 Å². The van der Waals surface area contributed by atoms with Crippen molar-refractivity contribution in [2.75, 3.05) is 6.61 Å². The largest absolute Gasteiger partial charge is 0.494 e. The number of carbonyl (C=O) groups excluding carboxylic acids is 1. The van der Waals surface area contributed by atoms with E-state index in [0.29, 0.717) is 12.4 Å². The van der Waals surface area contributed by atoms with Crippen LogP contribution in [0.4, 0.5) is 0 Å². The Morgan fingerprint density at radius 1 is 1.27 bits per heavy atom. The predicted octanol–water partition coefficient (Wildman–Crippen LogP) is 1.59. The van der Waals surface area contributed by atoms with Crippen LogP contribution in [0.3, 0.4) is 0 Å². The molecule has 0 radical (unpaired) electrons. The van der Waals surface area contributed by atoms with Gasteiger partial charge in [-0.3, -0.25) is 4.79 Å². The second-order valence-electron chi connectivity index (χ2n) is 5.37. The monoisotopic (exact) mass is 328 g/mol. The van der Waals surface area contributed by atoms with Crippen molar-refractivity contribution in [3.63, 3.8) is 0 Å². The van der Waals surface area contributed by atoms with Crippen LogP contribution in [0.25, 0.3) is 0 Å². The zero-order chi connectivity index (χ0) is 16.9. The highest BCUT2D eigenvalue weighted by molar-refractivity contribution is 7.89. The molecule has 0 saturated carbocycles. The van der Waals surface area contributed by atoms with Crippen molar-refractivity contribution >= 4 is 15.9 Å². The number of hydrogen-bond donors (Lipinski definition) is 2. The zero-order valence-electron chi connectivity index (χ0n) is 13.6. The number of carbonyl (C=O) groups is 1. The molecule has 1 atom stereocenters. The maximum absolute atomic E-state index is 12.3. The van der Waals surface area contributed by atoms with E-state index in [-0.39, 0.29) is 16.8 Å². The van der Waals surface area contributed by atoms with Crippen LogP contribution in [0.5, 0.6) is 5.75 Å². The van der Waals surface area contributed by atoms with E-state index in [1.807, 2.05) is 20.8 Å². The molecule has 0 aliphatic rings. The minimum atomic E-state index is -3.76. The van der Waals surface area contributed by atoms with Crippen molar-refractivity contribution in [3.05, 3.63) is 23.8 Å². The number of sulfonamides is 1. The van der Waals surface area contributed by atoms with Gasteiger partial charge in [0.15, 0.2) is 0 Å². The summed E-state index contributed by atoms with van der Waals surface area (Å²) in [6.45, 7) is 9.29. The van der Waals surface area contributed by atoms with Crippen molar-refractivity contribution in [1.29, 1.82) is 0 Å². The summed E-state index contributed by atoms with van der Waals surface area (Å²) in [6.07, 6.45) is 0. The van der Waals surface area contributed by atoms with Gasteiger partial charge in [-0.1, -0.05) is 0 Å². The van der Waals surface area contributed by atoms with Gasteiger partial charge in [0.05, 0.1) is 17.5 Å². The van der Waals surface area contributed by atoms with E-state index >= 15 is 0 Å². The van der Waals surface area contributed by atoms with Gasteiger partial charge in [0, 0.05) is 6.04 Å². The average Bonchev–Trinajstić information content (AvgIpc) is 2.39. The molecule has 0 aliphatic heterocycles. The Morgan fingerprint density at radius 3 is 2.41 bits per heavy atom. The molecular formula is C15H24N2O4S. The molecule has 0 saturated heterocycles. The van der Waals surface area contributed by atoms with E-state index < -0.39 is 16.1 Å². The SMILES string of the molecule is CCOc1ccc(S(=O)(=O)N[C@H](C)C(=O)NC(C)C)cc1C. The lowest BCUT2D eigenvalue weighted by Crippen LogP contribution is -2.46. The molecule has 7 heteroatoms. The fourth-order valence-corrected chi connectivity index (χ4v) is 3.16. The molecule has 0 spiro atoms. The lowest BCUT2D eigenvalue weighted by molar-refractivity contribution is -0.122. The third-order valence-corrected chi connectivity index (χ3v) is 4.45. The van der Waals surface area contributed by atoms with Crippen LogP contribution in [-0.2, 0) is 14.8 Å². The molecule has 1 amide bonds. The molecule has 1 aromatic carbocycles. The van der Waals surface area contributed by atoms with E-state index in [0.717, 1.165) is 5.56 Å². The number of rotatable bonds is 7. The Labute approximate surface area is 132 Å². The first-order valence-electron chi connectivity index (χ1n) is 7.23. The van der Waals surface area contributed by atoms with Crippen LogP contribution >= 0.6 is 0 Å². The van der Waals surface area contributed by atoms with Gasteiger partial charge in [-0.05, 0) is 58.4 Å². The Morgan fingerprint density at radius 2 is 1.91 bits per heavy atom. The lowest BCUT2D eigenvalue weighted by atomic mass is 10.2. The standard InChI is InChI=1S/C15H24N2O4S/c1-6-21-14-8-7-13(9-11(14)4)22(19,20)17-12(5)15(18)16-10(2)3/h7-10,12,17H,6H2,1-5H3,(H,16,18)/t12-/m1/s1. The van der Waals surface area contributed by atoms with E-state index in [4.69, 9.17) is 4.74 Å². The second-order valence-corrected chi connectivity index (χ2v) is 7.08. The minimum Gasteiger partial charge on any atom is -0.494 e. The normalized spacial score (nSPS) is 13.0. The van der Waals surface area contributed by atoms with Crippen LogP contribution in [0.1, 0.15) is 33.3 Å². The molecule has 2 N–H and O–H groups in total. The van der Waals surface area contributed by atoms with Crippen molar-refractivity contribution in [2.24, 2.45) is 0 Å². The lowest BCUT2D eigenvalue weighted by Gasteiger charge is -2.16. The zero-order valence-corrected chi connectivity index (χ0v) is 14.5. The Hall–Kier alpha value is -1.60. The highest BCUT2D eigenvalue weighted by Gasteiger charge is 2.22. The summed E-state index contributed by atoms with van der Waals surface area (Å²) in [5.41, 5.74) is 0.726. The molecular weight excluding hydrogens is 304 g/mol. The topological polar surface area (TPSA) is 84.5 Å². The Balaban J connectivity index is 2.90. The van der Waals surface area contributed by atoms with Gasteiger partial charge in [0.2, 0.25) is 15.9 Å². The van der Waals surface area contributed by atoms with Crippen LogP contribution in [-0.4, -0.2) is 33.0 Å². The number of ether oxygens (including phenoxy) is 1. The predicted molar refractivity (Wildman–Crippen MR) is 85.4 cm³/mol. The highest BCUT2D eigenvalue weighted by atomic mass is 32.2. The number of amides is 1. The summed E-state index contributed by atoms with van der Waals surface area (Å²) in [5.74, 6) is 0.285. The quantitative estimate of drug-likeness (QED) is 0.796. The molecule has 0 fully saturated rings. The number of aryl methyl sites for hydroxylation is 1. The van der Waals surface area contributed by atoms with Crippen LogP contribution in [0.2, 0.25) is 0 Å². The summed E-state index contributed by atoms with van der Waals surface area (Å²) < 4.78 is 32.4. The van der Waals surface area contributed by atoms with Crippen molar-refractivity contribution < 1.29 is 17.9 Å². The van der Waals surface area contributed by atoms with E-state index in [1.165, 1.54) is 19.1 Å². The van der Waals surface area contributed by atoms with Gasteiger partial charge in [0.1, 0.15) is 5.75 Å². The van der Waals surface area contributed by atoms with Crippen LogP contribution in [0, 0.1) is 6.92 Å². The molecule has 124 valence electrons. The summed E-state index contributed by atoms with van der Waals surface area (Å²) in [4.78, 5) is 11.9. The molecule has 22 heavy (non-hydrogen) atoms. The first-order chi connectivity index (χ1) is 10.2. The first kappa shape index (κ1) is 18.4. The van der Waals surface area contributed by atoms with Crippen molar-refractivity contribution in [2.45, 2.75) is 51.6 Å². The summed E-state index contributed by atoms with van der Waals surface area (Å²) in [7, 11) is -3.76. The van der Waals surface area contributed by atoms with Crippen molar-refractivity contribution in [1.82, 2.24) is 10.0 Å². The van der Waals surface area contributed by atoms with Gasteiger partial charge in [-0.15, -0.1) is 0 Å². The third-order valence-electron chi connectivity index (χ3n) is 2.91. The van der Waals surface area contributed by atoms with Gasteiger partial charge in [0.25, 0.3) is 0 Å².